The van der Waals surface area contributed by atoms with Crippen LogP contribution in [0, 0.1) is 0 Å². The fraction of sp³-hybridized carbons (Fsp3) is 0.417. The molecule has 0 bridgehead atoms. The molecule has 0 saturated carbocycles. The molecule has 1 amide bonds. The van der Waals surface area contributed by atoms with E-state index in [9.17, 15) is 13.2 Å². The molecule has 1 aromatic carbocycles. The first-order chi connectivity index (χ1) is 8.87. The van der Waals surface area contributed by atoms with Gasteiger partial charge in [0, 0.05) is 6.26 Å². The highest BCUT2D eigenvalue weighted by atomic mass is 35.5. The molecule has 1 aliphatic rings. The van der Waals surface area contributed by atoms with Crippen molar-refractivity contribution in [1.29, 1.82) is 0 Å². The van der Waals surface area contributed by atoms with Gasteiger partial charge in [-0.3, -0.25) is 4.79 Å². The molecule has 19 heavy (non-hydrogen) atoms. The topological polar surface area (TPSA) is 72.5 Å². The Kier molecular flexibility index (Phi) is 4.01. The van der Waals surface area contributed by atoms with Gasteiger partial charge in [-0.15, -0.1) is 11.6 Å². The van der Waals surface area contributed by atoms with E-state index >= 15 is 0 Å². The third kappa shape index (κ3) is 3.61. The van der Waals surface area contributed by atoms with Crippen LogP contribution < -0.4 is 10.1 Å². The summed E-state index contributed by atoms with van der Waals surface area (Å²) in [6.07, 6.45) is 1.13. The number of carbonyl (C=O) groups excluding carboxylic acids is 1. The average Bonchev–Trinajstić information content (AvgIpc) is 2.49. The first-order valence-corrected chi connectivity index (χ1v) is 8.23. The predicted octanol–water partition coefficient (Wildman–Crippen LogP) is 1.13. The smallest absolute Gasteiger partial charge is 0.255 e. The molecule has 5 nitrogen and oxygen atoms in total. The van der Waals surface area contributed by atoms with E-state index in [-0.39, 0.29) is 11.7 Å². The maximum Gasteiger partial charge on any atom is 0.255 e. The molecule has 1 N–H and O–H groups in total. The van der Waals surface area contributed by atoms with E-state index in [0.717, 1.165) is 6.26 Å². The second-order valence-corrected chi connectivity index (χ2v) is 7.13. The highest BCUT2D eigenvalue weighted by Gasteiger charge is 2.20. The molecule has 0 fully saturated rings. The lowest BCUT2D eigenvalue weighted by Crippen LogP contribution is -2.24. The minimum Gasteiger partial charge on any atom is -0.491 e. The number of nitrogens with one attached hydrogen (secondary N) is 1. The standard InChI is InChI=1S/C12H14ClNO4S/c1-19(16,17)7-10(13)8-2-3-11-9(6-8)12(15)14-4-5-18-11/h2-3,6,10H,4-5,7H2,1H3,(H,14,15). The van der Waals surface area contributed by atoms with Crippen molar-refractivity contribution in [1.82, 2.24) is 5.32 Å². The molecule has 1 atom stereocenters. The highest BCUT2D eigenvalue weighted by molar-refractivity contribution is 7.90. The van der Waals surface area contributed by atoms with Crippen LogP contribution in [0.5, 0.6) is 5.75 Å². The molecule has 1 heterocycles. The molecule has 0 spiro atoms. The molecule has 0 aromatic heterocycles. The molecule has 2 rings (SSSR count). The molecule has 7 heteroatoms. The second-order valence-electron chi connectivity index (χ2n) is 4.42. The van der Waals surface area contributed by atoms with E-state index in [4.69, 9.17) is 16.3 Å². The van der Waals surface area contributed by atoms with Gasteiger partial charge in [-0.2, -0.15) is 0 Å². The predicted molar refractivity (Wildman–Crippen MR) is 72.6 cm³/mol. The third-order valence-electron chi connectivity index (χ3n) is 2.70. The summed E-state index contributed by atoms with van der Waals surface area (Å²) in [6, 6.07) is 4.91. The molecule has 1 aliphatic heterocycles. The lowest BCUT2D eigenvalue weighted by Gasteiger charge is -2.12. The molecule has 0 aliphatic carbocycles. The normalized spacial score (nSPS) is 16.8. The zero-order valence-corrected chi connectivity index (χ0v) is 11.9. The second kappa shape index (κ2) is 5.38. The summed E-state index contributed by atoms with van der Waals surface area (Å²) in [7, 11) is -3.18. The Hall–Kier alpha value is -1.27. The maximum atomic E-state index is 11.8. The van der Waals surface area contributed by atoms with E-state index in [1.165, 1.54) is 0 Å². The number of benzene rings is 1. The van der Waals surface area contributed by atoms with Crippen LogP contribution in [0.4, 0.5) is 0 Å². The van der Waals surface area contributed by atoms with Gasteiger partial charge in [-0.1, -0.05) is 6.07 Å². The Morgan fingerprint density at radius 2 is 2.21 bits per heavy atom. The summed E-state index contributed by atoms with van der Waals surface area (Å²) in [5.41, 5.74) is 0.973. The number of sulfone groups is 1. The summed E-state index contributed by atoms with van der Waals surface area (Å²) in [4.78, 5) is 11.8. The minimum absolute atomic E-state index is 0.171. The zero-order chi connectivity index (χ0) is 14.0. The SMILES string of the molecule is CS(=O)(=O)CC(Cl)c1ccc2c(c1)C(=O)NCCO2. The van der Waals surface area contributed by atoms with Gasteiger partial charge in [0.2, 0.25) is 0 Å². The molecule has 1 aromatic rings. The molecule has 0 saturated heterocycles. The van der Waals surface area contributed by atoms with E-state index in [0.29, 0.717) is 30.0 Å². The quantitative estimate of drug-likeness (QED) is 0.850. The Morgan fingerprint density at radius 3 is 2.89 bits per heavy atom. The van der Waals surface area contributed by atoms with Crippen molar-refractivity contribution in [3.05, 3.63) is 29.3 Å². The Balaban J connectivity index is 2.32. The van der Waals surface area contributed by atoms with Gasteiger partial charge < -0.3 is 10.1 Å². The largest absolute Gasteiger partial charge is 0.491 e. The van der Waals surface area contributed by atoms with Crippen LogP contribution in [0.2, 0.25) is 0 Å². The lowest BCUT2D eigenvalue weighted by molar-refractivity contribution is 0.0957. The first kappa shape index (κ1) is 14.1. The number of fused-ring (bicyclic) bond motifs is 1. The number of amides is 1. The Morgan fingerprint density at radius 1 is 1.47 bits per heavy atom. The highest BCUT2D eigenvalue weighted by Crippen LogP contribution is 2.28. The molecule has 1 unspecified atom stereocenters. The fourth-order valence-electron chi connectivity index (χ4n) is 1.83. The van der Waals surface area contributed by atoms with Crippen LogP contribution in [0.1, 0.15) is 21.3 Å². The summed E-state index contributed by atoms with van der Waals surface area (Å²) in [5.74, 6) is 0.0788. The summed E-state index contributed by atoms with van der Waals surface area (Å²) >= 11 is 6.07. The Labute approximate surface area is 116 Å². The van der Waals surface area contributed by atoms with Crippen LogP contribution in [0.15, 0.2) is 18.2 Å². The van der Waals surface area contributed by atoms with Crippen molar-refractivity contribution < 1.29 is 17.9 Å². The number of halogens is 1. The number of ether oxygens (including phenoxy) is 1. The molecule has 104 valence electrons. The number of hydrogen-bond donors (Lipinski definition) is 1. The van der Waals surface area contributed by atoms with Crippen LogP contribution >= 0.6 is 11.6 Å². The van der Waals surface area contributed by atoms with Crippen LogP contribution in [-0.4, -0.2) is 39.5 Å². The van der Waals surface area contributed by atoms with E-state index in [1.807, 2.05) is 0 Å². The lowest BCUT2D eigenvalue weighted by atomic mass is 10.1. The van der Waals surface area contributed by atoms with Crippen LogP contribution in [0.25, 0.3) is 0 Å². The van der Waals surface area contributed by atoms with Gasteiger partial charge in [0.1, 0.15) is 22.2 Å². The van der Waals surface area contributed by atoms with Crippen molar-refractivity contribution in [2.24, 2.45) is 0 Å². The summed E-state index contributed by atoms with van der Waals surface area (Å²) in [5, 5.41) is 2.01. The van der Waals surface area contributed by atoms with Crippen molar-refractivity contribution in [3.8, 4) is 5.75 Å². The number of alkyl halides is 1. The van der Waals surface area contributed by atoms with Gasteiger partial charge in [0.25, 0.3) is 5.91 Å². The zero-order valence-electron chi connectivity index (χ0n) is 10.3. The van der Waals surface area contributed by atoms with Crippen molar-refractivity contribution in [2.75, 3.05) is 25.2 Å². The monoisotopic (exact) mass is 303 g/mol. The van der Waals surface area contributed by atoms with E-state index < -0.39 is 15.2 Å². The van der Waals surface area contributed by atoms with Gasteiger partial charge >= 0.3 is 0 Å². The van der Waals surface area contributed by atoms with Crippen molar-refractivity contribution in [2.45, 2.75) is 5.38 Å². The minimum atomic E-state index is -3.18. The maximum absolute atomic E-state index is 11.8. The van der Waals surface area contributed by atoms with Crippen LogP contribution in [0.3, 0.4) is 0 Å². The van der Waals surface area contributed by atoms with Gasteiger partial charge in [-0.05, 0) is 17.7 Å². The molecule has 0 radical (unpaired) electrons. The molecular weight excluding hydrogens is 290 g/mol. The van der Waals surface area contributed by atoms with Gasteiger partial charge in [0.15, 0.2) is 0 Å². The summed E-state index contributed by atoms with van der Waals surface area (Å²) in [6.45, 7) is 0.849. The number of carbonyl (C=O) groups is 1. The van der Waals surface area contributed by atoms with Gasteiger partial charge in [0.05, 0.1) is 23.2 Å². The summed E-state index contributed by atoms with van der Waals surface area (Å²) < 4.78 is 27.9. The van der Waals surface area contributed by atoms with Crippen molar-refractivity contribution in [3.63, 3.8) is 0 Å². The average molecular weight is 304 g/mol. The third-order valence-corrected chi connectivity index (χ3v) is 4.23. The van der Waals surface area contributed by atoms with Crippen molar-refractivity contribution >= 4 is 27.3 Å². The Bertz CT molecular complexity index is 600. The number of hydrogen-bond acceptors (Lipinski definition) is 4. The van der Waals surface area contributed by atoms with Crippen LogP contribution in [-0.2, 0) is 9.84 Å². The van der Waals surface area contributed by atoms with Gasteiger partial charge in [-0.25, -0.2) is 8.42 Å². The first-order valence-electron chi connectivity index (χ1n) is 5.73. The van der Waals surface area contributed by atoms with E-state index in [2.05, 4.69) is 5.32 Å². The fourth-order valence-corrected chi connectivity index (χ4v) is 3.37. The number of rotatable bonds is 3. The van der Waals surface area contributed by atoms with E-state index in [1.54, 1.807) is 18.2 Å². The molecular formula is C12H14ClNO4S.